The number of fused-ring (bicyclic) bond motifs is 1. The highest BCUT2D eigenvalue weighted by molar-refractivity contribution is 6.36. The summed E-state index contributed by atoms with van der Waals surface area (Å²) in [5, 5.41) is 1.54. The Hall–Kier alpha value is -3.25. The van der Waals surface area contributed by atoms with E-state index in [1.807, 2.05) is 13.0 Å². The van der Waals surface area contributed by atoms with E-state index in [9.17, 15) is 4.79 Å². The first-order chi connectivity index (χ1) is 17.4. The van der Waals surface area contributed by atoms with E-state index >= 15 is 0 Å². The number of H-pyrrole nitrogens is 1. The zero-order chi connectivity index (χ0) is 25.2. The summed E-state index contributed by atoms with van der Waals surface area (Å²) in [5.74, 6) is 0.00528. The van der Waals surface area contributed by atoms with Crippen molar-refractivity contribution in [2.24, 2.45) is 0 Å². The third kappa shape index (κ3) is 5.00. The number of nitrogens with one attached hydrogen (secondary N) is 1. The molecule has 0 radical (unpaired) electrons. The lowest BCUT2D eigenvalue weighted by Gasteiger charge is -2.32. The molecule has 6 heteroatoms. The van der Waals surface area contributed by atoms with Crippen molar-refractivity contribution in [2.45, 2.75) is 19.9 Å². The highest BCUT2D eigenvalue weighted by atomic mass is 35.5. The van der Waals surface area contributed by atoms with Crippen LogP contribution in [0.3, 0.4) is 0 Å². The quantitative estimate of drug-likeness (QED) is 0.322. The van der Waals surface area contributed by atoms with E-state index in [1.165, 1.54) is 11.6 Å². The number of rotatable bonds is 7. The molecule has 0 bridgehead atoms. The lowest BCUT2D eigenvalue weighted by atomic mass is 9.93. The highest BCUT2D eigenvalue weighted by Crippen LogP contribution is 2.41. The van der Waals surface area contributed by atoms with E-state index in [0.29, 0.717) is 11.4 Å². The van der Waals surface area contributed by atoms with Crippen LogP contribution in [0.25, 0.3) is 33.4 Å². The molecule has 0 spiro atoms. The maximum absolute atomic E-state index is 12.1. The van der Waals surface area contributed by atoms with Crippen LogP contribution in [0.2, 0.25) is 5.02 Å². The highest BCUT2D eigenvalue weighted by Gasteiger charge is 2.20. The van der Waals surface area contributed by atoms with Crippen LogP contribution < -0.4 is 0 Å². The van der Waals surface area contributed by atoms with Gasteiger partial charge in [0.15, 0.2) is 5.78 Å². The van der Waals surface area contributed by atoms with Crippen molar-refractivity contribution in [1.82, 2.24) is 19.8 Å². The number of nitrogens with zero attached hydrogens (tertiary/aromatic N) is 3. The van der Waals surface area contributed by atoms with Crippen LogP contribution in [0.5, 0.6) is 0 Å². The van der Waals surface area contributed by atoms with E-state index in [0.717, 1.165) is 77.3 Å². The number of likely N-dealkylation sites (N-methyl/N-ethyl adjacent to an activating group) is 1. The van der Waals surface area contributed by atoms with E-state index in [2.05, 4.69) is 75.9 Å². The van der Waals surface area contributed by atoms with Gasteiger partial charge in [0.2, 0.25) is 0 Å². The first kappa shape index (κ1) is 24.4. The number of ketones is 1. The Labute approximate surface area is 217 Å². The van der Waals surface area contributed by atoms with Crippen molar-refractivity contribution < 1.29 is 4.79 Å². The molecule has 184 valence electrons. The van der Waals surface area contributed by atoms with Gasteiger partial charge in [-0.25, -0.2) is 4.98 Å². The van der Waals surface area contributed by atoms with Gasteiger partial charge in [0.1, 0.15) is 5.65 Å². The summed E-state index contributed by atoms with van der Waals surface area (Å²) in [5.41, 5.74) is 8.18. The average Bonchev–Trinajstić information content (AvgIpc) is 3.28. The zero-order valence-electron chi connectivity index (χ0n) is 20.9. The minimum Gasteiger partial charge on any atom is -0.339 e. The first-order valence-corrected chi connectivity index (χ1v) is 12.7. The molecule has 1 fully saturated rings. The van der Waals surface area contributed by atoms with Gasteiger partial charge in [0, 0.05) is 56.3 Å². The van der Waals surface area contributed by atoms with Gasteiger partial charge in [0.05, 0.1) is 10.7 Å². The summed E-state index contributed by atoms with van der Waals surface area (Å²) < 4.78 is 0. The third-order valence-electron chi connectivity index (χ3n) is 7.09. The molecule has 0 saturated carbocycles. The number of aromatic nitrogens is 2. The molecule has 4 aromatic rings. The Morgan fingerprint density at radius 3 is 2.69 bits per heavy atom. The lowest BCUT2D eigenvalue weighted by molar-refractivity contribution is -0.114. The van der Waals surface area contributed by atoms with Gasteiger partial charge in [-0.2, -0.15) is 0 Å². The standard InChI is InChI=1S/C30H31ClN4O/c1-4-25(36)18-24-17-22(9-8-20(24)2)27-28-26(31)10-11-32-30(28)33-29(27)23-7-5-6-21(16-23)19-35-14-12-34(3)13-15-35/h4-11,16-17H,1,12-15,18-19H2,2-3H3,(H,32,33). The predicted octanol–water partition coefficient (Wildman–Crippen LogP) is 5.90. The molecule has 0 aliphatic carbocycles. The predicted molar refractivity (Wildman–Crippen MR) is 148 cm³/mol. The van der Waals surface area contributed by atoms with Gasteiger partial charge in [-0.1, -0.05) is 54.6 Å². The normalized spacial score (nSPS) is 14.9. The summed E-state index contributed by atoms with van der Waals surface area (Å²) in [6.45, 7) is 10.9. The van der Waals surface area contributed by atoms with Crippen molar-refractivity contribution in [3.8, 4) is 22.4 Å². The number of carbonyl (C=O) groups excluding carboxylic acids is 1. The molecule has 5 rings (SSSR count). The number of carbonyl (C=O) groups is 1. The van der Waals surface area contributed by atoms with Crippen molar-refractivity contribution in [1.29, 1.82) is 0 Å². The number of aromatic amines is 1. The fraction of sp³-hybridized carbons (Fsp3) is 0.267. The Balaban J connectivity index is 1.60. The maximum atomic E-state index is 12.1. The molecule has 1 aliphatic heterocycles. The van der Waals surface area contributed by atoms with Gasteiger partial charge in [-0.3, -0.25) is 9.69 Å². The molecule has 1 aliphatic rings. The van der Waals surface area contributed by atoms with Gasteiger partial charge in [-0.15, -0.1) is 0 Å². The van der Waals surface area contributed by atoms with Gasteiger partial charge < -0.3 is 9.88 Å². The van der Waals surface area contributed by atoms with Crippen molar-refractivity contribution >= 4 is 28.4 Å². The number of benzene rings is 2. The van der Waals surface area contributed by atoms with Crippen LogP contribution in [0, 0.1) is 6.92 Å². The number of piperazine rings is 1. The zero-order valence-corrected chi connectivity index (χ0v) is 21.6. The average molecular weight is 499 g/mol. The minimum atomic E-state index is 0.00528. The van der Waals surface area contributed by atoms with Crippen LogP contribution in [-0.4, -0.2) is 58.8 Å². The smallest absolute Gasteiger partial charge is 0.159 e. The number of hydrogen-bond acceptors (Lipinski definition) is 4. The molecule has 0 amide bonds. The lowest BCUT2D eigenvalue weighted by Crippen LogP contribution is -2.43. The van der Waals surface area contributed by atoms with E-state index in [-0.39, 0.29) is 5.78 Å². The topological polar surface area (TPSA) is 52.2 Å². The van der Waals surface area contributed by atoms with Crippen molar-refractivity contribution in [2.75, 3.05) is 33.2 Å². The summed E-state index contributed by atoms with van der Waals surface area (Å²) in [6, 6.07) is 16.8. The Morgan fingerprint density at radius 2 is 1.92 bits per heavy atom. The summed E-state index contributed by atoms with van der Waals surface area (Å²) >= 11 is 6.72. The van der Waals surface area contributed by atoms with Crippen molar-refractivity contribution in [3.05, 3.63) is 89.1 Å². The maximum Gasteiger partial charge on any atom is 0.159 e. The van der Waals surface area contributed by atoms with E-state index in [1.54, 1.807) is 6.20 Å². The molecule has 36 heavy (non-hydrogen) atoms. The Morgan fingerprint density at radius 1 is 1.11 bits per heavy atom. The van der Waals surface area contributed by atoms with E-state index in [4.69, 9.17) is 11.6 Å². The van der Waals surface area contributed by atoms with Crippen LogP contribution in [0.1, 0.15) is 16.7 Å². The molecule has 2 aromatic heterocycles. The molecule has 0 atom stereocenters. The van der Waals surface area contributed by atoms with Crippen LogP contribution in [0.15, 0.2) is 67.4 Å². The third-order valence-corrected chi connectivity index (χ3v) is 7.41. The van der Waals surface area contributed by atoms with Gasteiger partial charge in [0.25, 0.3) is 0 Å². The Kier molecular flexibility index (Phi) is 7.06. The molecule has 5 nitrogen and oxygen atoms in total. The summed E-state index contributed by atoms with van der Waals surface area (Å²) in [6.07, 6.45) is 3.44. The second kappa shape index (κ2) is 10.4. The van der Waals surface area contributed by atoms with Crippen LogP contribution in [-0.2, 0) is 17.8 Å². The Bertz CT molecular complexity index is 1430. The van der Waals surface area contributed by atoms with Gasteiger partial charge in [-0.05, 0) is 60.0 Å². The first-order valence-electron chi connectivity index (χ1n) is 12.3. The molecular formula is C30H31ClN4O. The monoisotopic (exact) mass is 498 g/mol. The van der Waals surface area contributed by atoms with Crippen LogP contribution >= 0.6 is 11.6 Å². The van der Waals surface area contributed by atoms with Gasteiger partial charge >= 0.3 is 0 Å². The number of halogens is 1. The van der Waals surface area contributed by atoms with Crippen LogP contribution in [0.4, 0.5) is 0 Å². The largest absolute Gasteiger partial charge is 0.339 e. The summed E-state index contributed by atoms with van der Waals surface area (Å²) in [7, 11) is 2.18. The molecule has 1 N–H and O–H groups in total. The van der Waals surface area contributed by atoms with Crippen molar-refractivity contribution in [3.63, 3.8) is 0 Å². The number of aryl methyl sites for hydroxylation is 1. The minimum absolute atomic E-state index is 0.00528. The molecule has 1 saturated heterocycles. The fourth-order valence-corrected chi connectivity index (χ4v) is 5.19. The molecule has 3 heterocycles. The molecule has 2 aromatic carbocycles. The number of allylic oxidation sites excluding steroid dienone is 1. The number of pyridine rings is 1. The second-order valence-electron chi connectivity index (χ2n) is 9.66. The second-order valence-corrected chi connectivity index (χ2v) is 10.1. The number of hydrogen-bond donors (Lipinski definition) is 1. The fourth-order valence-electron chi connectivity index (χ4n) is 4.95. The summed E-state index contributed by atoms with van der Waals surface area (Å²) in [4.78, 5) is 25.1. The SMILES string of the molecule is C=CC(=O)Cc1cc(-c2c(-c3cccc(CN4CCN(C)CC4)c3)[nH]c3nccc(Cl)c23)ccc1C. The van der Waals surface area contributed by atoms with E-state index < -0.39 is 0 Å². The molecular weight excluding hydrogens is 468 g/mol. The molecule has 0 unspecified atom stereocenters.